The summed E-state index contributed by atoms with van der Waals surface area (Å²) in [4.78, 5) is 48.3. The number of rotatable bonds is 49. The van der Waals surface area contributed by atoms with Gasteiger partial charge in [-0.1, -0.05) is 208 Å². The molecule has 0 aromatic heterocycles. The van der Waals surface area contributed by atoms with E-state index < -0.39 is 64.4 Å². The highest BCUT2D eigenvalue weighted by Crippen LogP contribution is 2.43. The highest BCUT2D eigenvalue weighted by atomic mass is 31.2. The van der Waals surface area contributed by atoms with E-state index in [9.17, 15) is 28.9 Å². The van der Waals surface area contributed by atoms with Gasteiger partial charge in [0.05, 0.1) is 19.8 Å². The number of carbonyl (C=O) groups is 3. The van der Waals surface area contributed by atoms with Gasteiger partial charge in [-0.25, -0.2) is 4.57 Å². The van der Waals surface area contributed by atoms with E-state index >= 15 is 0 Å². The van der Waals surface area contributed by atoms with Crippen molar-refractivity contribution in [2.45, 2.75) is 226 Å². The summed E-state index contributed by atoms with van der Waals surface area (Å²) in [5.74, 6) is -1.62. The summed E-state index contributed by atoms with van der Waals surface area (Å²) in [6.45, 7) is 4.27. The van der Waals surface area contributed by atoms with Crippen LogP contribution in [0, 0.1) is 0 Å². The Morgan fingerprint density at radius 1 is 0.414 bits per heavy atom. The summed E-state index contributed by atoms with van der Waals surface area (Å²) in [5.41, 5.74) is 0. The molecule has 0 spiro atoms. The van der Waals surface area contributed by atoms with E-state index in [4.69, 9.17) is 23.3 Å². The molecule has 11 nitrogen and oxygen atoms in total. The molecule has 0 radical (unpaired) electrons. The minimum Gasteiger partial charge on any atom is -0.462 e. The van der Waals surface area contributed by atoms with Crippen LogP contribution in [0.1, 0.15) is 213 Å². The van der Waals surface area contributed by atoms with Gasteiger partial charge in [-0.05, 0) is 83.5 Å². The monoisotopic (exact) mass is 1000 g/mol. The second-order valence-corrected chi connectivity index (χ2v) is 19.1. The average molecular weight is 1000 g/mol. The third-order valence-corrected chi connectivity index (χ3v) is 12.0. The minimum absolute atomic E-state index is 0.0926. The van der Waals surface area contributed by atoms with E-state index in [2.05, 4.69) is 106 Å². The molecular formula is C58H97O11P. The van der Waals surface area contributed by atoms with E-state index in [-0.39, 0.29) is 19.3 Å². The highest BCUT2D eigenvalue weighted by Gasteiger charge is 2.28. The number of allylic oxidation sites excluding steroid dienone is 16. The average Bonchev–Trinajstić information content (AvgIpc) is 3.35. The van der Waals surface area contributed by atoms with Crippen molar-refractivity contribution >= 4 is 25.7 Å². The number of unbranched alkanes of at least 4 members (excludes halogenated alkanes) is 16. The number of hydrogen-bond acceptors (Lipinski definition) is 10. The first-order valence-corrected chi connectivity index (χ1v) is 28.6. The van der Waals surface area contributed by atoms with Crippen molar-refractivity contribution in [3.8, 4) is 0 Å². The maximum Gasteiger partial charge on any atom is 0.472 e. The van der Waals surface area contributed by atoms with Crippen molar-refractivity contribution in [3.05, 3.63) is 97.2 Å². The fourth-order valence-electron chi connectivity index (χ4n) is 6.95. The summed E-state index contributed by atoms with van der Waals surface area (Å²) >= 11 is 0. The molecule has 0 amide bonds. The normalized spacial score (nSPS) is 14.2. The molecule has 70 heavy (non-hydrogen) atoms. The highest BCUT2D eigenvalue weighted by molar-refractivity contribution is 7.47. The fraction of sp³-hybridized carbons (Fsp3) is 0.672. The Kier molecular flexibility index (Phi) is 49.1. The summed E-state index contributed by atoms with van der Waals surface area (Å²) in [7, 11) is -4.77. The van der Waals surface area contributed by atoms with Crippen LogP contribution in [0.4, 0.5) is 0 Å². The van der Waals surface area contributed by atoms with Gasteiger partial charge in [0.15, 0.2) is 6.10 Å². The molecule has 0 aliphatic heterocycles. The first kappa shape index (κ1) is 66.4. The van der Waals surface area contributed by atoms with Gasteiger partial charge in [-0.3, -0.25) is 23.4 Å². The van der Waals surface area contributed by atoms with Crippen molar-refractivity contribution in [1.29, 1.82) is 0 Å². The Morgan fingerprint density at radius 3 is 1.20 bits per heavy atom. The van der Waals surface area contributed by atoms with Crippen molar-refractivity contribution in [3.63, 3.8) is 0 Å². The lowest BCUT2D eigenvalue weighted by atomic mass is 10.0. The first-order chi connectivity index (χ1) is 34.2. The zero-order valence-corrected chi connectivity index (χ0v) is 44.8. The van der Waals surface area contributed by atoms with Gasteiger partial charge in [0, 0.05) is 19.3 Å². The van der Waals surface area contributed by atoms with E-state index in [1.165, 1.54) is 70.6 Å². The molecule has 0 rings (SSSR count). The topological polar surface area (TPSA) is 155 Å². The van der Waals surface area contributed by atoms with Crippen LogP contribution in [0.2, 0.25) is 0 Å². The molecule has 0 aliphatic rings. The number of phosphoric ester groups is 1. The Balaban J connectivity index is 4.84. The number of carbonyl (C=O) groups excluding carboxylic acids is 3. The van der Waals surface area contributed by atoms with Crippen molar-refractivity contribution in [2.75, 3.05) is 26.4 Å². The van der Waals surface area contributed by atoms with Crippen LogP contribution in [-0.4, -0.2) is 66.5 Å². The number of esters is 3. The molecule has 12 heteroatoms. The van der Waals surface area contributed by atoms with Gasteiger partial charge in [0.2, 0.25) is 0 Å². The smallest absolute Gasteiger partial charge is 0.462 e. The fourth-order valence-corrected chi connectivity index (χ4v) is 7.73. The quantitative estimate of drug-likeness (QED) is 0.0197. The largest absolute Gasteiger partial charge is 0.472 e. The number of aliphatic hydroxyl groups is 1. The predicted octanol–water partition coefficient (Wildman–Crippen LogP) is 15.7. The molecule has 0 bridgehead atoms. The van der Waals surface area contributed by atoms with Crippen molar-refractivity contribution in [1.82, 2.24) is 0 Å². The second-order valence-electron chi connectivity index (χ2n) is 17.6. The maximum atomic E-state index is 12.9. The molecule has 0 aromatic carbocycles. The zero-order valence-electron chi connectivity index (χ0n) is 43.9. The molecule has 0 aliphatic carbocycles. The summed E-state index contributed by atoms with van der Waals surface area (Å²) < 4.78 is 39.3. The molecule has 2 N–H and O–H groups in total. The van der Waals surface area contributed by atoms with E-state index in [0.29, 0.717) is 19.3 Å². The second kappa shape index (κ2) is 51.7. The van der Waals surface area contributed by atoms with Crippen molar-refractivity contribution in [2.24, 2.45) is 0 Å². The predicted molar refractivity (Wildman–Crippen MR) is 288 cm³/mol. The lowest BCUT2D eigenvalue weighted by molar-refractivity contribution is -0.161. The standard InChI is InChI=1S/C58H97O11P/c1-4-7-10-13-16-19-22-25-27-30-33-36-39-42-45-48-57(61)68-54(50-59)52-66-70(63,64)67-53-55(51-65-56(60)47-44-41-38-35-32-29-24-21-18-15-12-9-6-3)69-58(62)49-46-43-40-37-34-31-28-26-23-20-17-14-11-8-5-2/h8-9,11-12,17-18,20-21,26,28-29,32,34,37-38,41,54-55,59H,4-7,10,13-16,19,22-25,27,30-31,33,35-36,39-40,42-53H2,1-3H3,(H,63,64)/b11-8-,12-9-,20-17-,21-18-,28-26-,32-29-,37-34-,41-38-. The Bertz CT molecular complexity index is 1540. The molecule has 400 valence electrons. The lowest BCUT2D eigenvalue weighted by Crippen LogP contribution is -2.30. The van der Waals surface area contributed by atoms with Crippen molar-refractivity contribution < 1.29 is 52.2 Å². The number of aliphatic hydroxyl groups excluding tert-OH is 1. The maximum absolute atomic E-state index is 12.9. The molecule has 3 atom stereocenters. The molecular weight excluding hydrogens is 904 g/mol. The molecule has 3 unspecified atom stereocenters. The third-order valence-electron chi connectivity index (χ3n) is 11.0. The van der Waals surface area contributed by atoms with Crippen LogP contribution >= 0.6 is 7.82 Å². The van der Waals surface area contributed by atoms with Gasteiger partial charge >= 0.3 is 25.7 Å². The molecule has 0 aromatic rings. The van der Waals surface area contributed by atoms with Gasteiger partial charge in [-0.15, -0.1) is 0 Å². The van der Waals surface area contributed by atoms with Gasteiger partial charge in [0.1, 0.15) is 12.7 Å². The molecule has 0 heterocycles. The zero-order chi connectivity index (χ0) is 51.3. The SMILES string of the molecule is CC/C=C\C/C=C\C/C=C\C/C=C\CCCCC(=O)OC(COC(=O)CC/C=C\C/C=C\C/C=C\C/C=C\CC)COP(=O)(O)OCC(CO)OC(=O)CCCCCCCCCCCCCCCCC. The third kappa shape index (κ3) is 49.4. The summed E-state index contributed by atoms with van der Waals surface area (Å²) in [6, 6.07) is 0. The van der Waals surface area contributed by atoms with Crippen LogP contribution in [0.3, 0.4) is 0 Å². The van der Waals surface area contributed by atoms with Crippen LogP contribution in [0.25, 0.3) is 0 Å². The van der Waals surface area contributed by atoms with Crippen LogP contribution in [0.15, 0.2) is 97.2 Å². The van der Waals surface area contributed by atoms with Gasteiger partial charge < -0.3 is 24.2 Å². The summed E-state index contributed by atoms with van der Waals surface area (Å²) in [5, 5.41) is 9.80. The number of ether oxygens (including phenoxy) is 3. The van der Waals surface area contributed by atoms with E-state index in [1.54, 1.807) is 0 Å². The minimum atomic E-state index is -4.77. The molecule has 0 fully saturated rings. The van der Waals surface area contributed by atoms with E-state index in [1.807, 2.05) is 12.2 Å². The van der Waals surface area contributed by atoms with Crippen LogP contribution in [-0.2, 0) is 42.2 Å². The number of phosphoric acid groups is 1. The summed E-state index contributed by atoms with van der Waals surface area (Å²) in [6.07, 6.45) is 59.7. The molecule has 0 saturated heterocycles. The van der Waals surface area contributed by atoms with Gasteiger partial charge in [0.25, 0.3) is 0 Å². The van der Waals surface area contributed by atoms with Crippen LogP contribution < -0.4 is 0 Å². The van der Waals surface area contributed by atoms with Gasteiger partial charge in [-0.2, -0.15) is 0 Å². The Hall–Kier alpha value is -3.60. The van der Waals surface area contributed by atoms with E-state index in [0.717, 1.165) is 83.5 Å². The number of hydrogen-bond donors (Lipinski definition) is 2. The Labute approximate surface area is 425 Å². The lowest BCUT2D eigenvalue weighted by Gasteiger charge is -2.21. The first-order valence-electron chi connectivity index (χ1n) is 27.1. The molecule has 0 saturated carbocycles. The van der Waals surface area contributed by atoms with Crippen LogP contribution in [0.5, 0.6) is 0 Å². The Morgan fingerprint density at radius 2 is 0.771 bits per heavy atom.